The first-order valence-electron chi connectivity index (χ1n) is 4.93. The second-order valence-electron chi connectivity index (χ2n) is 3.83. The highest BCUT2D eigenvalue weighted by molar-refractivity contribution is 5.87. The minimum atomic E-state index is -0.406. The minimum absolute atomic E-state index is 0.114. The molecular formula is C11H16N2O2. The number of esters is 1. The Morgan fingerprint density at radius 3 is 2.53 bits per heavy atom. The van der Waals surface area contributed by atoms with Crippen molar-refractivity contribution in [1.29, 1.82) is 0 Å². The van der Waals surface area contributed by atoms with Crippen LogP contribution < -0.4 is 5.73 Å². The Bertz CT molecular complexity index is 333. The van der Waals surface area contributed by atoms with Crippen LogP contribution in [-0.2, 0) is 4.74 Å². The molecule has 0 aromatic carbocycles. The van der Waals surface area contributed by atoms with E-state index in [0.29, 0.717) is 11.6 Å². The molecule has 0 fully saturated rings. The van der Waals surface area contributed by atoms with E-state index >= 15 is 0 Å². The highest BCUT2D eigenvalue weighted by atomic mass is 16.5. The van der Waals surface area contributed by atoms with Crippen LogP contribution in [0.3, 0.4) is 0 Å². The molecule has 4 heteroatoms. The Labute approximate surface area is 89.5 Å². The molecule has 1 heterocycles. The first-order chi connectivity index (χ1) is 7.00. The number of carbonyl (C=O) groups is 1. The number of rotatable bonds is 3. The van der Waals surface area contributed by atoms with Gasteiger partial charge in [-0.3, -0.25) is 0 Å². The second-order valence-corrected chi connectivity index (χ2v) is 3.83. The van der Waals surface area contributed by atoms with Gasteiger partial charge in [0.25, 0.3) is 0 Å². The zero-order valence-corrected chi connectivity index (χ0v) is 9.23. The van der Waals surface area contributed by atoms with Crippen molar-refractivity contribution < 1.29 is 9.53 Å². The number of carbonyl (C=O) groups excluding carboxylic acids is 1. The lowest BCUT2D eigenvalue weighted by molar-refractivity contribution is 0.0231. The van der Waals surface area contributed by atoms with Gasteiger partial charge in [0, 0.05) is 0 Å². The van der Waals surface area contributed by atoms with Gasteiger partial charge in [-0.2, -0.15) is 0 Å². The third kappa shape index (κ3) is 3.23. The van der Waals surface area contributed by atoms with E-state index in [0.717, 1.165) is 0 Å². The summed E-state index contributed by atoms with van der Waals surface area (Å²) in [5.41, 5.74) is 6.28. The summed E-state index contributed by atoms with van der Waals surface area (Å²) in [5.74, 6) is -0.112. The maximum Gasteiger partial charge on any atom is 0.357 e. The lowest BCUT2D eigenvalue weighted by Gasteiger charge is -2.15. The van der Waals surface area contributed by atoms with Crippen LogP contribution in [0.15, 0.2) is 18.3 Å². The molecule has 1 atom stereocenters. The Balaban J connectivity index is 2.65. The second kappa shape index (κ2) is 4.77. The monoisotopic (exact) mass is 208 g/mol. The molecule has 0 saturated heterocycles. The van der Waals surface area contributed by atoms with E-state index in [1.165, 1.54) is 6.20 Å². The maximum atomic E-state index is 11.5. The molecule has 0 aliphatic carbocycles. The van der Waals surface area contributed by atoms with E-state index < -0.39 is 5.97 Å². The Hall–Kier alpha value is -1.58. The topological polar surface area (TPSA) is 65.2 Å². The number of nitrogens with two attached hydrogens (primary N) is 1. The normalized spacial score (nSPS) is 12.5. The van der Waals surface area contributed by atoms with Crippen LogP contribution in [0.2, 0.25) is 0 Å². The molecule has 1 rings (SSSR count). The molecule has 0 aliphatic heterocycles. The fourth-order valence-electron chi connectivity index (χ4n) is 0.891. The molecule has 0 spiro atoms. The van der Waals surface area contributed by atoms with Crippen LogP contribution in [0.25, 0.3) is 0 Å². The van der Waals surface area contributed by atoms with Crippen molar-refractivity contribution in [2.24, 2.45) is 5.92 Å². The van der Waals surface area contributed by atoms with Gasteiger partial charge in [-0.1, -0.05) is 13.8 Å². The smallest absolute Gasteiger partial charge is 0.357 e. The van der Waals surface area contributed by atoms with Gasteiger partial charge in [-0.15, -0.1) is 0 Å². The van der Waals surface area contributed by atoms with E-state index in [1.54, 1.807) is 12.1 Å². The molecule has 1 unspecified atom stereocenters. The first-order valence-corrected chi connectivity index (χ1v) is 4.93. The van der Waals surface area contributed by atoms with Gasteiger partial charge in [0.05, 0.1) is 11.9 Å². The largest absolute Gasteiger partial charge is 0.458 e. The fourth-order valence-corrected chi connectivity index (χ4v) is 0.891. The number of nitrogens with zero attached hydrogens (tertiary/aromatic N) is 1. The molecule has 2 N–H and O–H groups in total. The predicted molar refractivity (Wildman–Crippen MR) is 58.4 cm³/mol. The van der Waals surface area contributed by atoms with Gasteiger partial charge in [-0.05, 0) is 25.0 Å². The predicted octanol–water partition coefficient (Wildman–Crippen LogP) is 1.87. The van der Waals surface area contributed by atoms with Gasteiger partial charge in [-0.25, -0.2) is 9.78 Å². The number of hydrogen-bond acceptors (Lipinski definition) is 4. The van der Waals surface area contributed by atoms with E-state index in [-0.39, 0.29) is 11.8 Å². The van der Waals surface area contributed by atoms with Crippen molar-refractivity contribution in [2.75, 3.05) is 5.73 Å². The highest BCUT2D eigenvalue weighted by Gasteiger charge is 2.15. The molecule has 0 bridgehead atoms. The van der Waals surface area contributed by atoms with E-state index in [9.17, 15) is 4.79 Å². The van der Waals surface area contributed by atoms with Crippen LogP contribution in [0.4, 0.5) is 5.69 Å². The Morgan fingerprint density at radius 1 is 1.40 bits per heavy atom. The molecule has 82 valence electrons. The number of nitrogen functional groups attached to an aromatic ring is 1. The van der Waals surface area contributed by atoms with E-state index in [2.05, 4.69) is 4.98 Å². The standard InChI is InChI=1S/C11H16N2O2/c1-7(2)8(3)15-11(14)10-5-4-9(12)6-13-10/h4-8H,12H2,1-3H3. The van der Waals surface area contributed by atoms with Crippen molar-refractivity contribution in [3.05, 3.63) is 24.0 Å². The molecule has 0 saturated carbocycles. The van der Waals surface area contributed by atoms with Crippen LogP contribution in [0, 0.1) is 5.92 Å². The van der Waals surface area contributed by atoms with Crippen molar-refractivity contribution in [2.45, 2.75) is 26.9 Å². The summed E-state index contributed by atoms with van der Waals surface area (Å²) in [7, 11) is 0. The zero-order valence-electron chi connectivity index (χ0n) is 9.23. The van der Waals surface area contributed by atoms with Crippen molar-refractivity contribution in [3.8, 4) is 0 Å². The number of ether oxygens (including phenoxy) is 1. The average molecular weight is 208 g/mol. The minimum Gasteiger partial charge on any atom is -0.458 e. The molecule has 4 nitrogen and oxygen atoms in total. The number of aromatic nitrogens is 1. The third-order valence-electron chi connectivity index (χ3n) is 2.23. The van der Waals surface area contributed by atoms with Crippen LogP contribution in [0.5, 0.6) is 0 Å². The SMILES string of the molecule is CC(C)C(C)OC(=O)c1ccc(N)cn1. The molecule has 15 heavy (non-hydrogen) atoms. The lowest BCUT2D eigenvalue weighted by Crippen LogP contribution is -2.20. The Kier molecular flexibility index (Phi) is 3.66. The quantitative estimate of drug-likeness (QED) is 0.770. The number of anilines is 1. The highest BCUT2D eigenvalue weighted by Crippen LogP contribution is 2.09. The molecule has 1 aromatic heterocycles. The van der Waals surface area contributed by atoms with E-state index in [1.807, 2.05) is 20.8 Å². The van der Waals surface area contributed by atoms with Crippen LogP contribution >= 0.6 is 0 Å². The molecular weight excluding hydrogens is 192 g/mol. The van der Waals surface area contributed by atoms with Gasteiger partial charge < -0.3 is 10.5 Å². The summed E-state index contributed by atoms with van der Waals surface area (Å²) in [6, 6.07) is 3.19. The van der Waals surface area contributed by atoms with Gasteiger partial charge in [0.2, 0.25) is 0 Å². The summed E-state index contributed by atoms with van der Waals surface area (Å²) in [6.07, 6.45) is 1.33. The van der Waals surface area contributed by atoms with Gasteiger partial charge in [0.15, 0.2) is 0 Å². The van der Waals surface area contributed by atoms with Crippen LogP contribution in [-0.4, -0.2) is 17.1 Å². The molecule has 0 radical (unpaired) electrons. The molecule has 0 aliphatic rings. The summed E-state index contributed by atoms with van der Waals surface area (Å²) >= 11 is 0. The molecule has 0 amide bonds. The summed E-state index contributed by atoms with van der Waals surface area (Å²) in [6.45, 7) is 5.85. The summed E-state index contributed by atoms with van der Waals surface area (Å²) < 4.78 is 5.20. The number of hydrogen-bond donors (Lipinski definition) is 1. The fraction of sp³-hybridized carbons (Fsp3) is 0.455. The third-order valence-corrected chi connectivity index (χ3v) is 2.23. The van der Waals surface area contributed by atoms with Crippen LogP contribution in [0.1, 0.15) is 31.3 Å². The first kappa shape index (κ1) is 11.5. The van der Waals surface area contributed by atoms with Crippen molar-refractivity contribution >= 4 is 11.7 Å². The van der Waals surface area contributed by atoms with Crippen molar-refractivity contribution in [3.63, 3.8) is 0 Å². The lowest BCUT2D eigenvalue weighted by atomic mass is 10.1. The summed E-state index contributed by atoms with van der Waals surface area (Å²) in [4.78, 5) is 15.4. The average Bonchev–Trinajstić information content (AvgIpc) is 2.18. The Morgan fingerprint density at radius 2 is 2.07 bits per heavy atom. The summed E-state index contributed by atoms with van der Waals surface area (Å²) in [5, 5.41) is 0. The van der Waals surface area contributed by atoms with E-state index in [4.69, 9.17) is 10.5 Å². The maximum absolute atomic E-state index is 11.5. The van der Waals surface area contributed by atoms with Crippen molar-refractivity contribution in [1.82, 2.24) is 4.98 Å². The van der Waals surface area contributed by atoms with Gasteiger partial charge >= 0.3 is 5.97 Å². The molecule has 1 aromatic rings. The van der Waals surface area contributed by atoms with Gasteiger partial charge in [0.1, 0.15) is 11.8 Å². The number of pyridine rings is 1. The zero-order chi connectivity index (χ0) is 11.4.